The van der Waals surface area contributed by atoms with Crippen LogP contribution >= 0.6 is 11.6 Å². The van der Waals surface area contributed by atoms with Crippen LogP contribution in [0.25, 0.3) is 0 Å². The fourth-order valence-electron chi connectivity index (χ4n) is 1.52. The van der Waals surface area contributed by atoms with Crippen molar-refractivity contribution in [2.45, 2.75) is 12.8 Å². The van der Waals surface area contributed by atoms with Crippen LogP contribution in [0.1, 0.15) is 12.8 Å². The molecule has 110 valence electrons. The number of ether oxygens (including phenoxy) is 1. The molecule has 0 aliphatic carbocycles. The van der Waals surface area contributed by atoms with Crippen LogP contribution in [0, 0.1) is 10.1 Å². The molecule has 0 spiro atoms. The third-order valence-electron chi connectivity index (χ3n) is 2.67. The summed E-state index contributed by atoms with van der Waals surface area (Å²) in [5.74, 6) is 0.887. The molecule has 1 amide bonds. The molecule has 0 heterocycles. The van der Waals surface area contributed by atoms with Crippen molar-refractivity contribution < 1.29 is 14.5 Å². The third kappa shape index (κ3) is 5.44. The Balaban J connectivity index is 2.38. The predicted octanol–water partition coefficient (Wildman–Crippen LogP) is 2.45. The van der Waals surface area contributed by atoms with Crippen LogP contribution in [0.3, 0.4) is 0 Å². The lowest BCUT2D eigenvalue weighted by molar-refractivity contribution is -0.384. The monoisotopic (exact) mass is 300 g/mol. The molecule has 1 aromatic carbocycles. The van der Waals surface area contributed by atoms with Crippen LogP contribution < -0.4 is 4.74 Å². The van der Waals surface area contributed by atoms with Crippen LogP contribution in [0.5, 0.6) is 5.75 Å². The smallest absolute Gasteiger partial charge is 0.273 e. The van der Waals surface area contributed by atoms with Crippen molar-refractivity contribution in [1.29, 1.82) is 0 Å². The number of nitro groups is 1. The lowest BCUT2D eigenvalue weighted by Crippen LogP contribution is -2.30. The highest BCUT2D eigenvalue weighted by molar-refractivity contribution is 6.17. The van der Waals surface area contributed by atoms with Gasteiger partial charge in [0.05, 0.1) is 17.5 Å². The molecule has 0 unspecified atom stereocenters. The van der Waals surface area contributed by atoms with Crippen LogP contribution in [0.15, 0.2) is 24.3 Å². The van der Waals surface area contributed by atoms with E-state index in [2.05, 4.69) is 0 Å². The second-order valence-corrected chi connectivity index (χ2v) is 4.59. The zero-order chi connectivity index (χ0) is 15.0. The van der Waals surface area contributed by atoms with Crippen LogP contribution in [0.4, 0.5) is 5.69 Å². The Morgan fingerprint density at radius 3 is 2.90 bits per heavy atom. The standard InChI is InChI=1S/C13H17ClN2O4/c1-15(13(17)6-3-7-14)8-9-20-12-5-2-4-11(10-12)16(18)19/h2,4-5,10H,3,6-9H2,1H3. The number of rotatable bonds is 8. The van der Waals surface area contributed by atoms with E-state index in [0.29, 0.717) is 31.0 Å². The first-order valence-electron chi connectivity index (χ1n) is 6.21. The Labute approximate surface area is 122 Å². The van der Waals surface area contributed by atoms with Gasteiger partial charge in [-0.2, -0.15) is 0 Å². The third-order valence-corrected chi connectivity index (χ3v) is 2.94. The molecule has 0 N–H and O–H groups in total. The normalized spacial score (nSPS) is 10.1. The number of nitrogens with zero attached hydrogens (tertiary/aromatic N) is 2. The van der Waals surface area contributed by atoms with Gasteiger partial charge in [0.2, 0.25) is 5.91 Å². The predicted molar refractivity (Wildman–Crippen MR) is 76.2 cm³/mol. The largest absolute Gasteiger partial charge is 0.491 e. The summed E-state index contributed by atoms with van der Waals surface area (Å²) in [5, 5.41) is 10.6. The Bertz CT molecular complexity index is 467. The van der Waals surface area contributed by atoms with Crippen LogP contribution in [0.2, 0.25) is 0 Å². The van der Waals surface area contributed by atoms with E-state index in [-0.39, 0.29) is 18.2 Å². The van der Waals surface area contributed by atoms with E-state index in [9.17, 15) is 14.9 Å². The van der Waals surface area contributed by atoms with Crippen molar-refractivity contribution in [1.82, 2.24) is 4.90 Å². The quantitative estimate of drug-likeness (QED) is 0.420. The number of non-ortho nitro benzene ring substituents is 1. The first-order chi connectivity index (χ1) is 9.54. The van der Waals surface area contributed by atoms with Gasteiger partial charge in [0.15, 0.2) is 0 Å². The summed E-state index contributed by atoms with van der Waals surface area (Å²) in [4.78, 5) is 23.3. The van der Waals surface area contributed by atoms with Gasteiger partial charge < -0.3 is 9.64 Å². The van der Waals surface area contributed by atoms with Gasteiger partial charge in [-0.1, -0.05) is 6.07 Å². The van der Waals surface area contributed by atoms with Crippen molar-refractivity contribution in [3.63, 3.8) is 0 Å². The average Bonchev–Trinajstić information content (AvgIpc) is 2.44. The Kier molecular flexibility index (Phi) is 6.79. The number of hydrogen-bond donors (Lipinski definition) is 0. The molecule has 0 aliphatic heterocycles. The molecule has 20 heavy (non-hydrogen) atoms. The Morgan fingerprint density at radius 2 is 2.25 bits per heavy atom. The van der Waals surface area contributed by atoms with Crippen molar-refractivity contribution in [3.05, 3.63) is 34.4 Å². The number of amides is 1. The first kappa shape index (κ1) is 16.2. The number of likely N-dealkylation sites (N-methyl/N-ethyl adjacent to an activating group) is 1. The molecule has 0 bridgehead atoms. The maximum Gasteiger partial charge on any atom is 0.273 e. The molecule has 0 aliphatic rings. The van der Waals surface area contributed by atoms with E-state index in [0.717, 1.165) is 0 Å². The number of hydrogen-bond acceptors (Lipinski definition) is 4. The summed E-state index contributed by atoms with van der Waals surface area (Å²) >= 11 is 5.52. The fraction of sp³-hybridized carbons (Fsp3) is 0.462. The van der Waals surface area contributed by atoms with E-state index in [1.165, 1.54) is 12.1 Å². The number of nitro benzene ring substituents is 1. The van der Waals surface area contributed by atoms with Gasteiger partial charge >= 0.3 is 0 Å². The molecule has 0 radical (unpaired) electrons. The fourth-order valence-corrected chi connectivity index (χ4v) is 1.65. The Hall–Kier alpha value is -1.82. The van der Waals surface area contributed by atoms with Gasteiger partial charge in [0.1, 0.15) is 12.4 Å². The van der Waals surface area contributed by atoms with E-state index < -0.39 is 4.92 Å². The Morgan fingerprint density at radius 1 is 1.50 bits per heavy atom. The zero-order valence-electron chi connectivity index (χ0n) is 11.3. The number of carbonyl (C=O) groups excluding carboxylic acids is 1. The minimum Gasteiger partial charge on any atom is -0.491 e. The van der Waals surface area contributed by atoms with Crippen LogP contribution in [-0.4, -0.2) is 41.8 Å². The van der Waals surface area contributed by atoms with E-state index in [1.807, 2.05) is 0 Å². The molecule has 1 rings (SSSR count). The minimum absolute atomic E-state index is 0.00768. The van der Waals surface area contributed by atoms with E-state index in [1.54, 1.807) is 24.1 Å². The molecule has 7 heteroatoms. The highest BCUT2D eigenvalue weighted by Crippen LogP contribution is 2.18. The van der Waals surface area contributed by atoms with Gasteiger partial charge in [-0.25, -0.2) is 0 Å². The van der Waals surface area contributed by atoms with Gasteiger partial charge in [-0.15, -0.1) is 11.6 Å². The number of halogens is 1. The van der Waals surface area contributed by atoms with Crippen molar-refractivity contribution >= 4 is 23.2 Å². The lowest BCUT2D eigenvalue weighted by Gasteiger charge is -2.17. The van der Waals surface area contributed by atoms with Gasteiger partial charge in [-0.3, -0.25) is 14.9 Å². The minimum atomic E-state index is -0.478. The number of carbonyl (C=O) groups is 1. The number of benzene rings is 1. The molecular formula is C13H17ClN2O4. The average molecular weight is 301 g/mol. The molecule has 0 atom stereocenters. The van der Waals surface area contributed by atoms with Crippen molar-refractivity contribution in [2.24, 2.45) is 0 Å². The van der Waals surface area contributed by atoms with Crippen molar-refractivity contribution in [3.8, 4) is 5.75 Å². The van der Waals surface area contributed by atoms with Gasteiger partial charge in [-0.05, 0) is 12.5 Å². The van der Waals surface area contributed by atoms with Crippen molar-refractivity contribution in [2.75, 3.05) is 26.1 Å². The van der Waals surface area contributed by atoms with E-state index >= 15 is 0 Å². The highest BCUT2D eigenvalue weighted by Gasteiger charge is 2.09. The topological polar surface area (TPSA) is 72.7 Å². The molecule has 0 fully saturated rings. The zero-order valence-corrected chi connectivity index (χ0v) is 12.0. The molecule has 0 saturated heterocycles. The maximum absolute atomic E-state index is 11.6. The summed E-state index contributed by atoms with van der Waals surface area (Å²) in [6.45, 7) is 0.702. The lowest BCUT2D eigenvalue weighted by atomic mass is 10.3. The second kappa shape index (κ2) is 8.37. The summed E-state index contributed by atoms with van der Waals surface area (Å²) in [5.41, 5.74) is -0.0194. The SMILES string of the molecule is CN(CCOc1cccc([N+](=O)[O-])c1)C(=O)CCCCl. The highest BCUT2D eigenvalue weighted by atomic mass is 35.5. The summed E-state index contributed by atoms with van der Waals surface area (Å²) in [6.07, 6.45) is 1.06. The molecule has 0 aromatic heterocycles. The molecule has 1 aromatic rings. The number of alkyl halides is 1. The second-order valence-electron chi connectivity index (χ2n) is 4.21. The van der Waals surface area contributed by atoms with Gasteiger partial charge in [0, 0.05) is 25.4 Å². The summed E-state index contributed by atoms with van der Waals surface area (Å²) in [7, 11) is 1.69. The summed E-state index contributed by atoms with van der Waals surface area (Å²) in [6, 6.07) is 5.95. The molecule has 6 nitrogen and oxygen atoms in total. The van der Waals surface area contributed by atoms with E-state index in [4.69, 9.17) is 16.3 Å². The first-order valence-corrected chi connectivity index (χ1v) is 6.75. The van der Waals surface area contributed by atoms with Gasteiger partial charge in [0.25, 0.3) is 5.69 Å². The molecular weight excluding hydrogens is 284 g/mol. The summed E-state index contributed by atoms with van der Waals surface area (Å²) < 4.78 is 5.40. The van der Waals surface area contributed by atoms with Crippen LogP contribution in [-0.2, 0) is 4.79 Å². The maximum atomic E-state index is 11.6. The molecule has 0 saturated carbocycles.